The number of rotatable bonds is 2. The lowest BCUT2D eigenvalue weighted by atomic mass is 10.2. The number of hydrogen-bond donors (Lipinski definition) is 0. The second-order valence-corrected chi connectivity index (χ2v) is 3.08. The quantitative estimate of drug-likeness (QED) is 0.614. The summed E-state index contributed by atoms with van der Waals surface area (Å²) in [5, 5.41) is 6.90. The van der Waals surface area contributed by atoms with Crippen molar-refractivity contribution in [2.24, 2.45) is 0 Å². The van der Waals surface area contributed by atoms with E-state index in [1.165, 1.54) is 0 Å². The maximum atomic E-state index is 10.4. The van der Waals surface area contributed by atoms with Crippen molar-refractivity contribution in [1.82, 2.24) is 9.90 Å². The number of aromatic amines is 1. The number of nitrogens with one attached hydrogen (secondary N) is 1. The molecule has 0 amide bonds. The third-order valence-electron chi connectivity index (χ3n) is 2.12. The summed E-state index contributed by atoms with van der Waals surface area (Å²) in [6.07, 6.45) is 5.48. The molecule has 0 spiro atoms. The fourth-order valence-corrected chi connectivity index (χ4v) is 1.44. The van der Waals surface area contributed by atoms with E-state index in [9.17, 15) is 4.79 Å². The van der Waals surface area contributed by atoms with Crippen LogP contribution < -0.4 is 5.10 Å². The summed E-state index contributed by atoms with van der Waals surface area (Å²) in [5.74, 6) is 0. The van der Waals surface area contributed by atoms with E-state index < -0.39 is 0 Å². The summed E-state index contributed by atoms with van der Waals surface area (Å²) < 4.78 is 5.48. The highest BCUT2D eigenvalue weighted by atomic mass is 16.5. The van der Waals surface area contributed by atoms with Crippen molar-refractivity contribution in [3.8, 4) is 0 Å². The number of ether oxygens (including phenoxy) is 1. The topological polar surface area (TPSA) is 58.3 Å². The number of aromatic nitrogens is 3. The average molecular weight is 182 g/mol. The van der Waals surface area contributed by atoms with Gasteiger partial charge in [-0.3, -0.25) is 4.79 Å². The number of H-pyrrole nitrogens is 1. The van der Waals surface area contributed by atoms with Gasteiger partial charge in [-0.2, -0.15) is 5.10 Å². The molecule has 1 aliphatic rings. The van der Waals surface area contributed by atoms with Crippen LogP contribution in [0.5, 0.6) is 0 Å². The minimum Gasteiger partial charge on any atom is -0.351 e. The Hall–Kier alpha value is -1.23. The van der Waals surface area contributed by atoms with Gasteiger partial charge in [0.15, 0.2) is 12.5 Å². The molecule has 70 valence electrons. The van der Waals surface area contributed by atoms with Gasteiger partial charge in [-0.25, -0.2) is 0 Å². The predicted molar refractivity (Wildman–Crippen MR) is 43.0 cm³/mol. The first-order valence-corrected chi connectivity index (χ1v) is 4.44. The Morgan fingerprint density at radius 1 is 1.69 bits per heavy atom. The fraction of sp³-hybridized carbons (Fsp3) is 0.625. The van der Waals surface area contributed by atoms with E-state index in [1.54, 1.807) is 11.0 Å². The van der Waals surface area contributed by atoms with E-state index in [2.05, 4.69) is 10.2 Å². The number of aldehydes is 1. The molecular formula is C8H12N3O2+. The lowest BCUT2D eigenvalue weighted by Gasteiger charge is -2.17. The van der Waals surface area contributed by atoms with Crippen LogP contribution >= 0.6 is 0 Å². The van der Waals surface area contributed by atoms with Crippen LogP contribution in [0, 0.1) is 0 Å². The maximum Gasteiger partial charge on any atom is 0.280 e. The fourth-order valence-electron chi connectivity index (χ4n) is 1.44. The predicted octanol–water partition coefficient (Wildman–Crippen LogP) is 0.209. The standard InChI is InChI=1S/C8H11N3O2/c12-6-7-5-9-11(10-7)8-3-1-2-4-13-8/h5-6,8H,1-4H2/p+1. The van der Waals surface area contributed by atoms with E-state index in [0.29, 0.717) is 5.69 Å². The maximum absolute atomic E-state index is 10.4. The smallest absolute Gasteiger partial charge is 0.280 e. The molecule has 1 fully saturated rings. The molecule has 1 unspecified atom stereocenters. The van der Waals surface area contributed by atoms with Gasteiger partial charge in [0.2, 0.25) is 6.23 Å². The van der Waals surface area contributed by atoms with Crippen LogP contribution in [0.1, 0.15) is 36.0 Å². The zero-order chi connectivity index (χ0) is 9.10. The van der Waals surface area contributed by atoms with Gasteiger partial charge in [0.05, 0.1) is 5.10 Å². The number of carbonyl (C=O) groups is 1. The highest BCUT2D eigenvalue weighted by molar-refractivity contribution is 5.70. The largest absolute Gasteiger partial charge is 0.351 e. The first-order chi connectivity index (χ1) is 6.40. The van der Waals surface area contributed by atoms with Gasteiger partial charge in [-0.05, 0) is 24.1 Å². The van der Waals surface area contributed by atoms with Gasteiger partial charge < -0.3 is 4.74 Å². The molecule has 1 aromatic heterocycles. The van der Waals surface area contributed by atoms with Crippen LogP contribution in [0.15, 0.2) is 6.20 Å². The number of hydrogen-bond acceptors (Lipinski definition) is 3. The van der Waals surface area contributed by atoms with Crippen LogP contribution in [-0.4, -0.2) is 22.8 Å². The Morgan fingerprint density at radius 2 is 2.62 bits per heavy atom. The zero-order valence-corrected chi connectivity index (χ0v) is 7.27. The Labute approximate surface area is 75.7 Å². The molecule has 0 aliphatic carbocycles. The van der Waals surface area contributed by atoms with Gasteiger partial charge in [-0.1, -0.05) is 0 Å². The van der Waals surface area contributed by atoms with Crippen molar-refractivity contribution in [2.75, 3.05) is 6.61 Å². The minimum absolute atomic E-state index is 0.0255. The van der Waals surface area contributed by atoms with Gasteiger partial charge in [-0.15, -0.1) is 0 Å². The van der Waals surface area contributed by atoms with Crippen LogP contribution in [0.2, 0.25) is 0 Å². The third-order valence-corrected chi connectivity index (χ3v) is 2.12. The van der Waals surface area contributed by atoms with E-state index in [1.807, 2.05) is 0 Å². The van der Waals surface area contributed by atoms with Crippen molar-refractivity contribution < 1.29 is 14.6 Å². The average Bonchev–Trinajstić information content (AvgIpc) is 2.67. The van der Waals surface area contributed by atoms with Crippen molar-refractivity contribution in [3.63, 3.8) is 0 Å². The van der Waals surface area contributed by atoms with E-state index in [4.69, 9.17) is 4.74 Å². The second-order valence-electron chi connectivity index (χ2n) is 3.08. The summed E-state index contributed by atoms with van der Waals surface area (Å²) in [6, 6.07) is 0. The molecule has 5 heteroatoms. The third kappa shape index (κ3) is 1.75. The molecule has 5 nitrogen and oxygen atoms in total. The number of nitrogens with zero attached hydrogens (tertiary/aromatic N) is 2. The highest BCUT2D eigenvalue weighted by Crippen LogP contribution is 2.19. The van der Waals surface area contributed by atoms with Crippen LogP contribution in [0.3, 0.4) is 0 Å². The van der Waals surface area contributed by atoms with Crippen LogP contribution in [-0.2, 0) is 4.74 Å². The van der Waals surface area contributed by atoms with Crippen LogP contribution in [0.4, 0.5) is 0 Å². The molecule has 1 aliphatic heterocycles. The summed E-state index contributed by atoms with van der Waals surface area (Å²) >= 11 is 0. The molecule has 1 atom stereocenters. The SMILES string of the molecule is O=Cc1c[nH+]n(C2CCCCO2)n1. The van der Waals surface area contributed by atoms with Gasteiger partial charge in [0.1, 0.15) is 0 Å². The highest BCUT2D eigenvalue weighted by Gasteiger charge is 2.22. The molecule has 0 aromatic carbocycles. The van der Waals surface area contributed by atoms with E-state index in [-0.39, 0.29) is 6.23 Å². The minimum atomic E-state index is -0.0255. The Bertz CT molecular complexity index is 291. The molecule has 1 saturated heterocycles. The van der Waals surface area contributed by atoms with Crippen molar-refractivity contribution in [2.45, 2.75) is 25.5 Å². The zero-order valence-electron chi connectivity index (χ0n) is 7.27. The molecule has 13 heavy (non-hydrogen) atoms. The summed E-state index contributed by atoms with van der Waals surface area (Å²) in [6.45, 7) is 0.773. The molecule has 1 aromatic rings. The first-order valence-electron chi connectivity index (χ1n) is 4.44. The summed E-state index contributed by atoms with van der Waals surface area (Å²) in [4.78, 5) is 12.0. The van der Waals surface area contributed by atoms with Crippen molar-refractivity contribution in [3.05, 3.63) is 11.9 Å². The molecular weight excluding hydrogens is 170 g/mol. The Morgan fingerprint density at radius 3 is 3.23 bits per heavy atom. The molecule has 0 saturated carbocycles. The Balaban J connectivity index is 2.09. The van der Waals surface area contributed by atoms with Gasteiger partial charge >= 0.3 is 0 Å². The van der Waals surface area contributed by atoms with Gasteiger partial charge in [0, 0.05) is 6.61 Å². The molecule has 2 rings (SSSR count). The molecule has 2 heterocycles. The normalized spacial score (nSPS) is 22.9. The number of carbonyl (C=O) groups excluding carboxylic acids is 1. The molecule has 0 radical (unpaired) electrons. The van der Waals surface area contributed by atoms with Gasteiger partial charge in [0.25, 0.3) is 5.69 Å². The Kier molecular flexibility index (Phi) is 2.35. The summed E-state index contributed by atoms with van der Waals surface area (Å²) in [7, 11) is 0. The summed E-state index contributed by atoms with van der Waals surface area (Å²) in [5.41, 5.74) is 0.411. The van der Waals surface area contributed by atoms with E-state index in [0.717, 1.165) is 32.2 Å². The monoisotopic (exact) mass is 182 g/mol. The lowest BCUT2D eigenvalue weighted by molar-refractivity contribution is -0.516. The van der Waals surface area contributed by atoms with Crippen molar-refractivity contribution in [1.29, 1.82) is 0 Å². The molecule has 1 N–H and O–H groups in total. The lowest BCUT2D eigenvalue weighted by Crippen LogP contribution is -2.28. The van der Waals surface area contributed by atoms with Crippen molar-refractivity contribution >= 4 is 6.29 Å². The van der Waals surface area contributed by atoms with E-state index >= 15 is 0 Å². The first kappa shape index (κ1) is 8.37. The van der Waals surface area contributed by atoms with Crippen LogP contribution in [0.25, 0.3) is 0 Å². The molecule has 0 bridgehead atoms. The second kappa shape index (κ2) is 3.66.